The summed E-state index contributed by atoms with van der Waals surface area (Å²) < 4.78 is 0. The molecular formula is C18H20N2O2S2. The quantitative estimate of drug-likeness (QED) is 0.839. The molecule has 0 atom stereocenters. The Hall–Kier alpha value is -1.92. The molecule has 6 heteroatoms. The van der Waals surface area contributed by atoms with Gasteiger partial charge in [-0.15, -0.1) is 22.7 Å². The molecule has 4 nitrogen and oxygen atoms in total. The third kappa shape index (κ3) is 4.33. The summed E-state index contributed by atoms with van der Waals surface area (Å²) in [5.74, 6) is -0.314. The van der Waals surface area contributed by atoms with E-state index in [0.717, 1.165) is 43.6 Å². The number of thiophene rings is 2. The minimum absolute atomic E-state index is 0.0878. The van der Waals surface area contributed by atoms with Gasteiger partial charge in [0, 0.05) is 18.0 Å². The number of hydrogen-bond donors (Lipinski definition) is 1. The smallest absolute Gasteiger partial charge is 0.270 e. The van der Waals surface area contributed by atoms with Crippen molar-refractivity contribution in [2.24, 2.45) is 0 Å². The van der Waals surface area contributed by atoms with Crippen LogP contribution in [0.3, 0.4) is 0 Å². The van der Waals surface area contributed by atoms with E-state index in [0.29, 0.717) is 10.6 Å². The van der Waals surface area contributed by atoms with Gasteiger partial charge >= 0.3 is 0 Å². The summed E-state index contributed by atoms with van der Waals surface area (Å²) in [5, 5.41) is 6.64. The van der Waals surface area contributed by atoms with Crippen LogP contribution in [0.2, 0.25) is 0 Å². The van der Waals surface area contributed by atoms with Crippen LogP contribution >= 0.6 is 22.7 Å². The highest BCUT2D eigenvalue weighted by atomic mass is 32.1. The maximum Gasteiger partial charge on any atom is 0.270 e. The lowest BCUT2D eigenvalue weighted by Gasteiger charge is -2.22. The van der Waals surface area contributed by atoms with Gasteiger partial charge in [-0.2, -0.15) is 0 Å². The van der Waals surface area contributed by atoms with Crippen LogP contribution in [0.1, 0.15) is 40.2 Å². The Morgan fingerprint density at radius 3 is 2.33 bits per heavy atom. The van der Waals surface area contributed by atoms with Crippen molar-refractivity contribution in [3.8, 4) is 0 Å². The second-order valence-electron chi connectivity index (χ2n) is 5.71. The van der Waals surface area contributed by atoms with Gasteiger partial charge in [0.25, 0.3) is 11.8 Å². The van der Waals surface area contributed by atoms with Crippen molar-refractivity contribution in [1.82, 2.24) is 10.2 Å². The molecule has 1 fully saturated rings. The Balaban J connectivity index is 1.81. The first kappa shape index (κ1) is 16.9. The van der Waals surface area contributed by atoms with Crippen molar-refractivity contribution in [3.05, 3.63) is 50.5 Å². The predicted octanol–water partition coefficient (Wildman–Crippen LogP) is 3.98. The molecule has 0 bridgehead atoms. The standard InChI is InChI=1S/C18H20N2O2S2/c21-17(16-8-6-12-24-16)19-15(13-14-7-5-11-23-14)18(22)20-9-3-1-2-4-10-20/h5-8,11-13H,1-4,9-10H2,(H,19,21). The Labute approximate surface area is 149 Å². The van der Waals surface area contributed by atoms with E-state index in [4.69, 9.17) is 0 Å². The Kier molecular flexibility index (Phi) is 5.82. The average molecular weight is 361 g/mol. The molecule has 1 aliphatic heterocycles. The van der Waals surface area contributed by atoms with Crippen LogP contribution in [0.5, 0.6) is 0 Å². The molecule has 0 aromatic carbocycles. The predicted molar refractivity (Wildman–Crippen MR) is 99.1 cm³/mol. The number of likely N-dealkylation sites (tertiary alicyclic amines) is 1. The van der Waals surface area contributed by atoms with E-state index >= 15 is 0 Å². The van der Waals surface area contributed by atoms with E-state index in [1.54, 1.807) is 23.5 Å². The SMILES string of the molecule is O=C(NC(=Cc1cccs1)C(=O)N1CCCCCC1)c1cccs1. The van der Waals surface area contributed by atoms with Crippen LogP contribution in [0.4, 0.5) is 0 Å². The second kappa shape index (κ2) is 8.26. The van der Waals surface area contributed by atoms with Gasteiger partial charge in [0.15, 0.2) is 0 Å². The van der Waals surface area contributed by atoms with Crippen molar-refractivity contribution in [1.29, 1.82) is 0 Å². The first-order valence-corrected chi connectivity index (χ1v) is 9.89. The number of rotatable bonds is 4. The fraction of sp³-hybridized carbons (Fsp3) is 0.333. The van der Waals surface area contributed by atoms with E-state index < -0.39 is 0 Å². The zero-order valence-corrected chi connectivity index (χ0v) is 15.0. The van der Waals surface area contributed by atoms with Crippen LogP contribution in [0.15, 0.2) is 40.7 Å². The number of carbonyl (C=O) groups is 2. The topological polar surface area (TPSA) is 49.4 Å². The highest BCUT2D eigenvalue weighted by molar-refractivity contribution is 7.12. The van der Waals surface area contributed by atoms with Gasteiger partial charge in [-0.05, 0) is 41.8 Å². The minimum atomic E-state index is -0.226. The number of nitrogens with one attached hydrogen (secondary N) is 1. The normalized spacial score (nSPS) is 15.8. The van der Waals surface area contributed by atoms with Gasteiger partial charge in [0.1, 0.15) is 5.70 Å². The van der Waals surface area contributed by atoms with Gasteiger partial charge in [-0.25, -0.2) is 0 Å². The third-order valence-corrected chi connectivity index (χ3v) is 5.63. The fourth-order valence-electron chi connectivity index (χ4n) is 2.70. The maximum atomic E-state index is 12.9. The molecule has 1 N–H and O–H groups in total. The minimum Gasteiger partial charge on any atom is -0.337 e. The molecule has 2 aromatic heterocycles. The molecule has 3 heterocycles. The molecule has 2 amide bonds. The van der Waals surface area contributed by atoms with Crippen LogP contribution in [-0.4, -0.2) is 29.8 Å². The van der Waals surface area contributed by atoms with Crippen LogP contribution < -0.4 is 5.32 Å². The average Bonchev–Trinajstić information content (AvgIpc) is 3.23. The molecule has 0 radical (unpaired) electrons. The van der Waals surface area contributed by atoms with Gasteiger partial charge in [-0.3, -0.25) is 9.59 Å². The first-order chi connectivity index (χ1) is 11.7. The highest BCUT2D eigenvalue weighted by Gasteiger charge is 2.22. The van der Waals surface area contributed by atoms with Crippen molar-refractivity contribution in [2.75, 3.05) is 13.1 Å². The van der Waals surface area contributed by atoms with Gasteiger partial charge in [-0.1, -0.05) is 25.0 Å². The van der Waals surface area contributed by atoms with E-state index in [9.17, 15) is 9.59 Å². The van der Waals surface area contributed by atoms with Gasteiger partial charge < -0.3 is 10.2 Å². The van der Waals surface area contributed by atoms with E-state index in [1.807, 2.05) is 33.9 Å². The van der Waals surface area contributed by atoms with E-state index in [1.165, 1.54) is 11.3 Å². The molecule has 24 heavy (non-hydrogen) atoms. The summed E-state index contributed by atoms with van der Waals surface area (Å²) >= 11 is 2.92. The number of carbonyl (C=O) groups excluding carboxylic acids is 2. The molecule has 2 aromatic rings. The summed E-state index contributed by atoms with van der Waals surface area (Å²) in [6, 6.07) is 7.47. The summed E-state index contributed by atoms with van der Waals surface area (Å²) in [6.07, 6.45) is 6.15. The molecule has 3 rings (SSSR count). The molecule has 1 aliphatic rings. The number of hydrogen-bond acceptors (Lipinski definition) is 4. The number of nitrogens with zero attached hydrogens (tertiary/aromatic N) is 1. The summed E-state index contributed by atoms with van der Waals surface area (Å²) in [7, 11) is 0. The second-order valence-corrected chi connectivity index (χ2v) is 7.64. The molecule has 0 spiro atoms. The van der Waals surface area contributed by atoms with E-state index in [2.05, 4.69) is 5.32 Å². The fourth-order valence-corrected chi connectivity index (χ4v) is 3.98. The lowest BCUT2D eigenvalue weighted by molar-refractivity contribution is -0.127. The largest absolute Gasteiger partial charge is 0.337 e. The molecule has 1 saturated heterocycles. The van der Waals surface area contributed by atoms with Crippen LogP contribution in [-0.2, 0) is 4.79 Å². The molecular weight excluding hydrogens is 340 g/mol. The molecule has 0 aliphatic carbocycles. The van der Waals surface area contributed by atoms with Crippen molar-refractivity contribution in [3.63, 3.8) is 0 Å². The monoisotopic (exact) mass is 360 g/mol. The zero-order valence-electron chi connectivity index (χ0n) is 13.4. The first-order valence-electron chi connectivity index (χ1n) is 8.13. The Morgan fingerprint density at radius 1 is 1.00 bits per heavy atom. The molecule has 0 unspecified atom stereocenters. The summed E-state index contributed by atoms with van der Waals surface area (Å²) in [4.78, 5) is 28.8. The Morgan fingerprint density at radius 2 is 1.71 bits per heavy atom. The molecule has 0 saturated carbocycles. The lowest BCUT2D eigenvalue weighted by Crippen LogP contribution is -2.38. The Bertz CT molecular complexity index is 697. The third-order valence-electron chi connectivity index (χ3n) is 3.95. The molecule has 126 valence electrons. The zero-order chi connectivity index (χ0) is 16.8. The van der Waals surface area contributed by atoms with Crippen LogP contribution in [0, 0.1) is 0 Å². The van der Waals surface area contributed by atoms with Crippen molar-refractivity contribution < 1.29 is 9.59 Å². The van der Waals surface area contributed by atoms with Gasteiger partial charge in [0.2, 0.25) is 0 Å². The van der Waals surface area contributed by atoms with Crippen LogP contribution in [0.25, 0.3) is 6.08 Å². The number of amides is 2. The maximum absolute atomic E-state index is 12.9. The summed E-state index contributed by atoms with van der Waals surface area (Å²) in [6.45, 7) is 1.52. The van der Waals surface area contributed by atoms with Crippen molar-refractivity contribution >= 4 is 40.6 Å². The van der Waals surface area contributed by atoms with Crippen molar-refractivity contribution in [2.45, 2.75) is 25.7 Å². The lowest BCUT2D eigenvalue weighted by atomic mass is 10.2. The van der Waals surface area contributed by atoms with Gasteiger partial charge in [0.05, 0.1) is 4.88 Å². The van der Waals surface area contributed by atoms with E-state index in [-0.39, 0.29) is 11.8 Å². The highest BCUT2D eigenvalue weighted by Crippen LogP contribution is 2.17. The summed E-state index contributed by atoms with van der Waals surface area (Å²) in [5.41, 5.74) is 0.359.